The van der Waals surface area contributed by atoms with Crippen LogP contribution in [0.4, 0.5) is 19.3 Å². The van der Waals surface area contributed by atoms with Gasteiger partial charge in [0.15, 0.2) is 11.6 Å². The van der Waals surface area contributed by atoms with Crippen LogP contribution >= 0.6 is 0 Å². The number of nitrogens with one attached hydrogen (secondary N) is 1. The van der Waals surface area contributed by atoms with Gasteiger partial charge in [-0.2, -0.15) is 0 Å². The van der Waals surface area contributed by atoms with Gasteiger partial charge < -0.3 is 10.2 Å². The zero-order chi connectivity index (χ0) is 13.4. The van der Waals surface area contributed by atoms with E-state index in [-0.39, 0.29) is 6.03 Å². The minimum absolute atomic E-state index is 0.208. The van der Waals surface area contributed by atoms with E-state index >= 15 is 0 Å². The summed E-state index contributed by atoms with van der Waals surface area (Å²) in [4.78, 5) is 14.0. The topological polar surface area (TPSA) is 32.3 Å². The molecule has 102 valence electrons. The van der Waals surface area contributed by atoms with Crippen molar-refractivity contribution >= 4 is 11.7 Å². The van der Waals surface area contributed by atoms with Crippen LogP contribution in [0.1, 0.15) is 25.7 Å². The average Bonchev–Trinajstić information content (AvgIpc) is 2.95. The summed E-state index contributed by atoms with van der Waals surface area (Å²) in [5.41, 5.74) is 0.297. The molecule has 19 heavy (non-hydrogen) atoms. The molecule has 3 rings (SSSR count). The summed E-state index contributed by atoms with van der Waals surface area (Å²) in [6.07, 6.45) is 4.47. The smallest absolute Gasteiger partial charge is 0.321 e. The van der Waals surface area contributed by atoms with Gasteiger partial charge in [0.25, 0.3) is 0 Å². The third kappa shape index (κ3) is 2.29. The number of nitrogens with zero attached hydrogens (tertiary/aromatic N) is 1. The van der Waals surface area contributed by atoms with E-state index in [0.717, 1.165) is 31.5 Å². The zero-order valence-corrected chi connectivity index (χ0v) is 10.5. The largest absolute Gasteiger partial charge is 0.322 e. The molecule has 2 amide bonds. The second-order valence-corrected chi connectivity index (χ2v) is 5.30. The fourth-order valence-electron chi connectivity index (χ4n) is 3.26. The molecule has 0 unspecified atom stereocenters. The van der Waals surface area contributed by atoms with E-state index in [1.54, 1.807) is 0 Å². The summed E-state index contributed by atoms with van der Waals surface area (Å²) in [6, 6.07) is 3.52. The lowest BCUT2D eigenvalue weighted by atomic mass is 10.1. The highest BCUT2D eigenvalue weighted by Crippen LogP contribution is 2.37. The van der Waals surface area contributed by atoms with Gasteiger partial charge in [0.1, 0.15) is 0 Å². The Labute approximate surface area is 110 Å². The molecular formula is C14H16F2N2O. The van der Waals surface area contributed by atoms with E-state index in [4.69, 9.17) is 0 Å². The van der Waals surface area contributed by atoms with Crippen LogP contribution in [0, 0.1) is 17.6 Å². The van der Waals surface area contributed by atoms with Gasteiger partial charge >= 0.3 is 6.03 Å². The maximum Gasteiger partial charge on any atom is 0.322 e. The molecule has 2 aliphatic rings. The van der Waals surface area contributed by atoms with Crippen molar-refractivity contribution in [3.8, 4) is 0 Å². The number of hydrogen-bond acceptors (Lipinski definition) is 1. The molecule has 1 aromatic carbocycles. The Bertz CT molecular complexity index is 506. The lowest BCUT2D eigenvalue weighted by Gasteiger charge is -2.24. The summed E-state index contributed by atoms with van der Waals surface area (Å²) in [5, 5.41) is 2.64. The molecule has 1 saturated carbocycles. The molecule has 0 aromatic heterocycles. The van der Waals surface area contributed by atoms with Gasteiger partial charge in [-0.1, -0.05) is 6.42 Å². The van der Waals surface area contributed by atoms with Crippen LogP contribution in [0.25, 0.3) is 0 Å². The van der Waals surface area contributed by atoms with Gasteiger partial charge in [-0.15, -0.1) is 0 Å². The Hall–Kier alpha value is -1.65. The number of benzene rings is 1. The van der Waals surface area contributed by atoms with Crippen molar-refractivity contribution < 1.29 is 13.6 Å². The molecule has 0 radical (unpaired) electrons. The molecule has 1 heterocycles. The summed E-state index contributed by atoms with van der Waals surface area (Å²) < 4.78 is 25.9. The Balaban J connectivity index is 1.69. The predicted molar refractivity (Wildman–Crippen MR) is 67.8 cm³/mol. The number of rotatable bonds is 1. The third-order valence-electron chi connectivity index (χ3n) is 4.19. The van der Waals surface area contributed by atoms with Gasteiger partial charge in [-0.05, 0) is 37.3 Å². The molecule has 1 aromatic rings. The maximum absolute atomic E-state index is 13.1. The van der Waals surface area contributed by atoms with Gasteiger partial charge in [0.05, 0.1) is 0 Å². The molecule has 3 nitrogen and oxygen atoms in total. The number of fused-ring (bicyclic) bond motifs is 1. The van der Waals surface area contributed by atoms with Crippen molar-refractivity contribution in [2.24, 2.45) is 5.92 Å². The minimum Gasteiger partial charge on any atom is -0.321 e. The number of carbonyl (C=O) groups is 1. The van der Waals surface area contributed by atoms with E-state index in [1.807, 2.05) is 4.90 Å². The van der Waals surface area contributed by atoms with Crippen molar-refractivity contribution in [1.82, 2.24) is 4.90 Å². The highest BCUT2D eigenvalue weighted by Gasteiger charge is 2.39. The van der Waals surface area contributed by atoms with Gasteiger partial charge in [0.2, 0.25) is 0 Å². The van der Waals surface area contributed by atoms with E-state index in [2.05, 4.69) is 5.32 Å². The van der Waals surface area contributed by atoms with Crippen molar-refractivity contribution in [1.29, 1.82) is 0 Å². The molecule has 2 atom stereocenters. The van der Waals surface area contributed by atoms with Crippen LogP contribution in [0.5, 0.6) is 0 Å². The summed E-state index contributed by atoms with van der Waals surface area (Å²) in [6.45, 7) is 0.755. The van der Waals surface area contributed by atoms with Crippen LogP contribution in [-0.2, 0) is 0 Å². The highest BCUT2D eigenvalue weighted by atomic mass is 19.2. The van der Waals surface area contributed by atoms with Crippen molar-refractivity contribution in [3.63, 3.8) is 0 Å². The molecule has 2 fully saturated rings. The molecule has 1 saturated heterocycles. The molecule has 1 aliphatic carbocycles. The first-order chi connectivity index (χ1) is 9.15. The van der Waals surface area contributed by atoms with Crippen LogP contribution in [-0.4, -0.2) is 23.5 Å². The van der Waals surface area contributed by atoms with Crippen LogP contribution in [0.15, 0.2) is 18.2 Å². The van der Waals surface area contributed by atoms with Gasteiger partial charge in [-0.25, -0.2) is 13.6 Å². The monoisotopic (exact) mass is 266 g/mol. The number of carbonyl (C=O) groups excluding carboxylic acids is 1. The SMILES string of the molecule is O=C(Nc1ccc(F)c(F)c1)N1CC[C@@H]2CCC[C@@H]21. The maximum atomic E-state index is 13.1. The number of amides is 2. The third-order valence-corrected chi connectivity index (χ3v) is 4.19. The number of anilines is 1. The second kappa shape index (κ2) is 4.79. The first-order valence-electron chi connectivity index (χ1n) is 6.68. The summed E-state index contributed by atoms with van der Waals surface area (Å²) >= 11 is 0. The second-order valence-electron chi connectivity index (χ2n) is 5.30. The van der Waals surface area contributed by atoms with Crippen molar-refractivity contribution in [3.05, 3.63) is 29.8 Å². The lowest BCUT2D eigenvalue weighted by molar-refractivity contribution is 0.203. The molecule has 1 aliphatic heterocycles. The Kier molecular flexibility index (Phi) is 3.12. The fraction of sp³-hybridized carbons (Fsp3) is 0.500. The number of urea groups is 1. The van der Waals surface area contributed by atoms with Gasteiger partial charge in [-0.3, -0.25) is 0 Å². The van der Waals surface area contributed by atoms with Crippen LogP contribution in [0.3, 0.4) is 0 Å². The number of hydrogen-bond donors (Lipinski definition) is 1. The fourth-order valence-corrected chi connectivity index (χ4v) is 3.26. The molecule has 5 heteroatoms. The van der Waals surface area contributed by atoms with E-state index in [1.165, 1.54) is 18.9 Å². The summed E-state index contributed by atoms with van der Waals surface area (Å²) in [5.74, 6) is -1.23. The number of halogens is 2. The standard InChI is InChI=1S/C14H16F2N2O/c15-11-5-4-10(8-12(11)16)17-14(19)18-7-6-9-2-1-3-13(9)18/h4-5,8-9,13H,1-3,6-7H2,(H,17,19)/t9-,13-/m0/s1. The zero-order valence-electron chi connectivity index (χ0n) is 10.5. The molecular weight excluding hydrogens is 250 g/mol. The first-order valence-corrected chi connectivity index (χ1v) is 6.68. The quantitative estimate of drug-likeness (QED) is 0.830. The Morgan fingerprint density at radius 1 is 1.21 bits per heavy atom. The predicted octanol–water partition coefficient (Wildman–Crippen LogP) is 3.37. The van der Waals surface area contributed by atoms with E-state index in [0.29, 0.717) is 17.6 Å². The molecule has 0 spiro atoms. The van der Waals surface area contributed by atoms with Gasteiger partial charge in [0, 0.05) is 24.3 Å². The highest BCUT2D eigenvalue weighted by molar-refractivity contribution is 5.89. The minimum atomic E-state index is -0.946. The molecule has 0 bridgehead atoms. The summed E-state index contributed by atoms with van der Waals surface area (Å²) in [7, 11) is 0. The van der Waals surface area contributed by atoms with Crippen molar-refractivity contribution in [2.45, 2.75) is 31.7 Å². The van der Waals surface area contributed by atoms with Crippen LogP contribution in [0.2, 0.25) is 0 Å². The van der Waals surface area contributed by atoms with Crippen molar-refractivity contribution in [2.75, 3.05) is 11.9 Å². The van der Waals surface area contributed by atoms with Crippen LogP contribution < -0.4 is 5.32 Å². The average molecular weight is 266 g/mol. The Morgan fingerprint density at radius 2 is 2.05 bits per heavy atom. The Morgan fingerprint density at radius 3 is 2.84 bits per heavy atom. The molecule has 1 N–H and O–H groups in total. The van der Waals surface area contributed by atoms with E-state index in [9.17, 15) is 13.6 Å². The lowest BCUT2D eigenvalue weighted by Crippen LogP contribution is -2.39. The normalized spacial score (nSPS) is 25.5. The first kappa shape index (κ1) is 12.4. The number of likely N-dealkylation sites (tertiary alicyclic amines) is 1. The van der Waals surface area contributed by atoms with E-state index < -0.39 is 11.6 Å².